The van der Waals surface area contributed by atoms with E-state index >= 15 is 0 Å². The summed E-state index contributed by atoms with van der Waals surface area (Å²) in [6.07, 6.45) is 0. The van der Waals surface area contributed by atoms with Crippen molar-refractivity contribution in [2.24, 2.45) is 0 Å². The minimum absolute atomic E-state index is 0.0973. The minimum atomic E-state index is 0.0973. The topological polar surface area (TPSA) is 13.1 Å². The molecule has 13 rings (SSSR count). The van der Waals surface area contributed by atoms with Crippen LogP contribution in [0, 0.1) is 0 Å². The number of benzene rings is 11. The first-order valence-corrected chi connectivity index (χ1v) is 22.3. The fourth-order valence-electron chi connectivity index (χ4n) is 10.2. The summed E-state index contributed by atoms with van der Waals surface area (Å²) in [5, 5.41) is 15.1. The van der Waals surface area contributed by atoms with Crippen molar-refractivity contribution < 1.29 is 4.42 Å². The maximum atomic E-state index is 6.65. The summed E-state index contributed by atoms with van der Waals surface area (Å²) in [5.74, 6) is 0. The number of furan rings is 1. The fraction of sp³-hybridized carbons (Fsp3) is 0. The number of para-hydroxylation sites is 2. The van der Waals surface area contributed by atoms with Gasteiger partial charge in [-0.05, 0) is 0 Å². The SMILES string of the molecule is c1ccc(-c2c3ccccc3c(-c3cccc4c3[se]c3cc(-c5c6ccccc6c(-c6cccc7c6oc6ccccc67)c6ccccc56)ccc34)c3ccccc23)cc1. The summed E-state index contributed by atoms with van der Waals surface area (Å²) < 4.78 is 9.54. The van der Waals surface area contributed by atoms with Gasteiger partial charge in [-0.15, -0.1) is 0 Å². The summed E-state index contributed by atoms with van der Waals surface area (Å²) in [6, 6.07) is 76.0. The summed E-state index contributed by atoms with van der Waals surface area (Å²) in [6.45, 7) is 0. The van der Waals surface area contributed by atoms with Gasteiger partial charge in [0.05, 0.1) is 0 Å². The van der Waals surface area contributed by atoms with Crippen molar-refractivity contribution in [3.63, 3.8) is 0 Å². The zero-order chi connectivity index (χ0) is 39.3. The summed E-state index contributed by atoms with van der Waals surface area (Å²) in [5.41, 5.74) is 12.0. The van der Waals surface area contributed by atoms with Crippen LogP contribution in [0.3, 0.4) is 0 Å². The molecule has 0 N–H and O–H groups in total. The van der Waals surface area contributed by atoms with Gasteiger partial charge >= 0.3 is 342 Å². The van der Waals surface area contributed by atoms with Crippen LogP contribution in [-0.2, 0) is 0 Å². The molecule has 0 aliphatic carbocycles. The van der Waals surface area contributed by atoms with Crippen LogP contribution in [0.1, 0.15) is 0 Å². The molecule has 2 aromatic heterocycles. The molecular formula is C58H34OSe. The first kappa shape index (κ1) is 33.7. The summed E-state index contributed by atoms with van der Waals surface area (Å²) in [4.78, 5) is 0. The Kier molecular flexibility index (Phi) is 7.39. The molecule has 0 amide bonds. The second-order valence-corrected chi connectivity index (χ2v) is 18.0. The monoisotopic (exact) mass is 826 g/mol. The zero-order valence-electron chi connectivity index (χ0n) is 32.4. The van der Waals surface area contributed by atoms with Gasteiger partial charge in [0.2, 0.25) is 0 Å². The molecular weight excluding hydrogens is 792 g/mol. The number of hydrogen-bond donors (Lipinski definition) is 0. The Bertz CT molecular complexity index is 3770. The predicted molar refractivity (Wildman–Crippen MR) is 257 cm³/mol. The molecule has 0 spiro atoms. The van der Waals surface area contributed by atoms with E-state index in [1.54, 1.807) is 0 Å². The molecule has 13 aromatic rings. The van der Waals surface area contributed by atoms with Gasteiger partial charge in [0.25, 0.3) is 0 Å². The molecule has 0 saturated heterocycles. The van der Waals surface area contributed by atoms with Crippen LogP contribution >= 0.6 is 0 Å². The molecule has 1 nitrogen and oxygen atoms in total. The van der Waals surface area contributed by atoms with Gasteiger partial charge in [-0.25, -0.2) is 0 Å². The normalized spacial score (nSPS) is 12.0. The molecule has 0 aliphatic heterocycles. The van der Waals surface area contributed by atoms with Crippen LogP contribution < -0.4 is 0 Å². The Morgan fingerprint density at radius 3 is 1.33 bits per heavy atom. The molecule has 0 fully saturated rings. The third-order valence-corrected chi connectivity index (χ3v) is 15.2. The third kappa shape index (κ3) is 4.87. The van der Waals surface area contributed by atoms with Crippen LogP contribution in [-0.4, -0.2) is 14.5 Å². The van der Waals surface area contributed by atoms with Gasteiger partial charge in [0.1, 0.15) is 0 Å². The first-order chi connectivity index (χ1) is 29.8. The van der Waals surface area contributed by atoms with E-state index in [0.29, 0.717) is 0 Å². The van der Waals surface area contributed by atoms with Gasteiger partial charge in [-0.2, -0.15) is 0 Å². The molecule has 11 aromatic carbocycles. The maximum absolute atomic E-state index is 6.65. The molecule has 0 bridgehead atoms. The van der Waals surface area contributed by atoms with Gasteiger partial charge in [0, 0.05) is 0 Å². The van der Waals surface area contributed by atoms with E-state index in [4.69, 9.17) is 4.42 Å². The summed E-state index contributed by atoms with van der Waals surface area (Å²) >= 11 is 0.0973. The van der Waals surface area contributed by atoms with Crippen molar-refractivity contribution in [1.82, 2.24) is 0 Å². The molecule has 0 unspecified atom stereocenters. The molecule has 60 heavy (non-hydrogen) atoms. The third-order valence-electron chi connectivity index (χ3n) is 12.7. The average Bonchev–Trinajstić information content (AvgIpc) is 3.89. The zero-order valence-corrected chi connectivity index (χ0v) is 34.2. The molecule has 0 saturated carbocycles. The van der Waals surface area contributed by atoms with Crippen molar-refractivity contribution in [3.8, 4) is 44.5 Å². The quantitative estimate of drug-likeness (QED) is 0.127. The Balaban J connectivity index is 1.05. The van der Waals surface area contributed by atoms with Gasteiger partial charge < -0.3 is 0 Å². The van der Waals surface area contributed by atoms with Gasteiger partial charge in [-0.3, -0.25) is 0 Å². The van der Waals surface area contributed by atoms with E-state index < -0.39 is 0 Å². The second-order valence-electron chi connectivity index (χ2n) is 15.8. The Hall–Kier alpha value is -7.22. The molecule has 0 radical (unpaired) electrons. The summed E-state index contributed by atoms with van der Waals surface area (Å²) in [7, 11) is 0. The van der Waals surface area contributed by atoms with Crippen molar-refractivity contribution >= 4 is 98.8 Å². The van der Waals surface area contributed by atoms with E-state index in [-0.39, 0.29) is 14.5 Å². The number of fused-ring (bicyclic) bond motifs is 10. The molecule has 0 aliphatic rings. The molecule has 2 heterocycles. The second kappa shape index (κ2) is 13.1. The Morgan fingerprint density at radius 2 is 0.733 bits per heavy atom. The standard InChI is InChI=1S/C58H34OSe/c1-2-16-35(17-3-1)53-39-19-4-10-25-45(39)56(46-26-11-5-20-40(46)53)50-30-15-28-48-38-33-32-36(34-52(38)60-58(48)50)54-41-21-6-8-23-43(41)55(44-24-9-7-22-42(44)54)49-29-14-27-47-37-18-12-13-31-51(37)59-57(47)49/h1-34H. The Morgan fingerprint density at radius 1 is 0.283 bits per heavy atom. The van der Waals surface area contributed by atoms with Crippen molar-refractivity contribution in [1.29, 1.82) is 0 Å². The van der Waals surface area contributed by atoms with E-state index in [0.717, 1.165) is 27.5 Å². The van der Waals surface area contributed by atoms with E-state index in [1.807, 2.05) is 6.07 Å². The van der Waals surface area contributed by atoms with Crippen LogP contribution in [0.2, 0.25) is 0 Å². The van der Waals surface area contributed by atoms with Crippen LogP contribution in [0.5, 0.6) is 0 Å². The Labute approximate surface area is 352 Å². The number of rotatable bonds is 4. The van der Waals surface area contributed by atoms with Crippen molar-refractivity contribution in [2.75, 3.05) is 0 Å². The molecule has 2 heteroatoms. The van der Waals surface area contributed by atoms with Gasteiger partial charge in [0.15, 0.2) is 0 Å². The average molecular weight is 826 g/mol. The first-order valence-electron chi connectivity index (χ1n) is 20.6. The number of hydrogen-bond acceptors (Lipinski definition) is 1. The van der Waals surface area contributed by atoms with Crippen LogP contribution in [0.25, 0.3) is 129 Å². The van der Waals surface area contributed by atoms with Crippen LogP contribution in [0.4, 0.5) is 0 Å². The molecule has 278 valence electrons. The van der Waals surface area contributed by atoms with Gasteiger partial charge in [-0.1, -0.05) is 12.1 Å². The van der Waals surface area contributed by atoms with E-state index in [2.05, 4.69) is 200 Å². The van der Waals surface area contributed by atoms with Crippen molar-refractivity contribution in [3.05, 3.63) is 206 Å². The van der Waals surface area contributed by atoms with Crippen LogP contribution in [0.15, 0.2) is 211 Å². The van der Waals surface area contributed by atoms with Crippen molar-refractivity contribution in [2.45, 2.75) is 0 Å². The molecule has 0 atom stereocenters. The van der Waals surface area contributed by atoms with E-state index in [9.17, 15) is 0 Å². The fourth-order valence-corrected chi connectivity index (χ4v) is 12.8. The predicted octanol–water partition coefficient (Wildman–Crippen LogP) is 16.2. The van der Waals surface area contributed by atoms with E-state index in [1.165, 1.54) is 101 Å².